The first-order valence-corrected chi connectivity index (χ1v) is 20.7. The molecule has 0 fully saturated rings. The molecule has 0 heterocycles. The molecule has 2 aromatic carbocycles. The highest BCUT2D eigenvalue weighted by atomic mass is 32.9. The summed E-state index contributed by atoms with van der Waals surface area (Å²) in [5.41, 5.74) is -0.382. The van der Waals surface area contributed by atoms with Gasteiger partial charge in [-0.05, 0) is 60.7 Å². The summed E-state index contributed by atoms with van der Waals surface area (Å²) in [6.07, 6.45) is 28.8. The minimum Gasteiger partial charge on any atom is -0.428 e. The molecule has 0 radical (unpaired) electrons. The molecule has 0 aromatic heterocycles. The zero-order valence-corrected chi connectivity index (χ0v) is 28.9. The molecule has 0 bridgehead atoms. The predicted octanol–water partition coefficient (Wildman–Crippen LogP) is 13.2. The Labute approximate surface area is 264 Å². The summed E-state index contributed by atoms with van der Waals surface area (Å²) in [6, 6.07) is 16.5. The Bertz CT molecular complexity index is 891. The first kappa shape index (κ1) is 36.2. The topological polar surface area (TPSA) is 18.5 Å². The van der Waals surface area contributed by atoms with E-state index in [2.05, 4.69) is 38.1 Å². The Hall–Kier alpha value is -0.960. The van der Waals surface area contributed by atoms with Gasteiger partial charge < -0.3 is 9.05 Å². The van der Waals surface area contributed by atoms with Gasteiger partial charge in [-0.3, -0.25) is 0 Å². The number of hydrogen-bond donors (Lipinski definition) is 1. The number of benzene rings is 2. The Morgan fingerprint density at radius 2 is 0.780 bits per heavy atom. The summed E-state index contributed by atoms with van der Waals surface area (Å²) in [5.74, 6) is 1.66. The highest BCUT2D eigenvalue weighted by Gasteiger charge is 2.20. The Balaban J connectivity index is 1.73. The third kappa shape index (κ3) is 17.7. The van der Waals surface area contributed by atoms with Crippen LogP contribution >= 0.6 is 17.9 Å². The lowest BCUT2D eigenvalue weighted by Crippen LogP contribution is -2.00. The van der Waals surface area contributed by atoms with Gasteiger partial charge in [-0.15, -0.1) is 0 Å². The highest BCUT2D eigenvalue weighted by molar-refractivity contribution is 8.60. The number of para-hydroxylation sites is 2. The van der Waals surface area contributed by atoms with E-state index in [1.54, 1.807) is 0 Å². The smallest absolute Gasteiger partial charge is 0.345 e. The van der Waals surface area contributed by atoms with Gasteiger partial charge in [0.15, 0.2) is 0 Å². The van der Waals surface area contributed by atoms with Crippen LogP contribution in [0.5, 0.6) is 11.5 Å². The van der Waals surface area contributed by atoms with Crippen molar-refractivity contribution in [1.82, 2.24) is 0 Å². The molecule has 0 N–H and O–H groups in total. The van der Waals surface area contributed by atoms with Crippen LogP contribution in [0.2, 0.25) is 0 Å². The standard InChI is InChI=1S/C36H59O2PS2/c1-3-5-7-9-11-13-15-17-19-21-27-33-29-23-25-31-35(33)37-39(40,41)38-36-32-26-24-30-34(36)28-22-20-18-16-14-12-10-8-6-4-2/h23-26,29-32H,3-22,27-28H2,1-2H3,(H,40,41). The highest BCUT2D eigenvalue weighted by Crippen LogP contribution is 2.54. The maximum absolute atomic E-state index is 6.31. The molecular weight excluding hydrogens is 560 g/mol. The van der Waals surface area contributed by atoms with E-state index in [1.807, 2.05) is 24.3 Å². The van der Waals surface area contributed by atoms with Crippen LogP contribution in [0, 0.1) is 0 Å². The number of unbranched alkanes of at least 4 members (excludes halogenated alkanes) is 18. The molecule has 0 atom stereocenters. The molecule has 5 heteroatoms. The lowest BCUT2D eigenvalue weighted by molar-refractivity contribution is 0.496. The molecule has 0 unspecified atom stereocenters. The van der Waals surface area contributed by atoms with Crippen molar-refractivity contribution in [3.63, 3.8) is 0 Å². The quantitative estimate of drug-likeness (QED) is 0.0643. The van der Waals surface area contributed by atoms with Crippen LogP contribution in [0.1, 0.15) is 153 Å². The molecule has 41 heavy (non-hydrogen) atoms. The van der Waals surface area contributed by atoms with Crippen LogP contribution in [0.25, 0.3) is 0 Å². The van der Waals surface area contributed by atoms with Gasteiger partial charge in [-0.2, -0.15) is 0 Å². The largest absolute Gasteiger partial charge is 0.428 e. The van der Waals surface area contributed by atoms with Crippen molar-refractivity contribution in [3.8, 4) is 11.5 Å². The first-order valence-electron chi connectivity index (χ1n) is 16.9. The molecule has 0 aliphatic heterocycles. The lowest BCUT2D eigenvalue weighted by Gasteiger charge is -2.22. The Kier molecular flexibility index (Phi) is 20.8. The molecule has 0 amide bonds. The summed E-state index contributed by atoms with van der Waals surface area (Å²) in [6.45, 7) is 4.56. The first-order chi connectivity index (χ1) is 20.1. The van der Waals surface area contributed by atoms with Gasteiger partial charge in [-0.1, -0.05) is 178 Å². The molecule has 0 aliphatic rings. The SMILES string of the molecule is CCCCCCCCCCCCc1ccccc1OP(=S)(S)Oc1ccccc1CCCCCCCCCCCC. The third-order valence-electron chi connectivity index (χ3n) is 7.97. The van der Waals surface area contributed by atoms with Crippen LogP contribution in [-0.4, -0.2) is 0 Å². The molecular formula is C36H59O2PS2. The lowest BCUT2D eigenvalue weighted by atomic mass is 10.0. The average Bonchev–Trinajstić information content (AvgIpc) is 2.96. The van der Waals surface area contributed by atoms with Crippen molar-refractivity contribution in [1.29, 1.82) is 0 Å². The normalized spacial score (nSPS) is 11.6. The molecule has 0 spiro atoms. The second kappa shape index (κ2) is 23.5. The van der Waals surface area contributed by atoms with E-state index in [-0.39, 0.29) is 0 Å². The van der Waals surface area contributed by atoms with Gasteiger partial charge in [-0.25, -0.2) is 0 Å². The number of thiol groups is 1. The van der Waals surface area contributed by atoms with E-state index in [1.165, 1.54) is 140 Å². The summed E-state index contributed by atoms with van der Waals surface area (Å²) in [5, 5.41) is 0. The van der Waals surface area contributed by atoms with Crippen molar-refractivity contribution in [3.05, 3.63) is 59.7 Å². The molecule has 0 aliphatic carbocycles. The number of hydrogen-bond acceptors (Lipinski definition) is 3. The van der Waals surface area contributed by atoms with Gasteiger partial charge in [0.1, 0.15) is 11.5 Å². The minimum atomic E-state index is -2.79. The molecule has 2 nitrogen and oxygen atoms in total. The van der Waals surface area contributed by atoms with Gasteiger partial charge in [0.05, 0.1) is 0 Å². The fourth-order valence-electron chi connectivity index (χ4n) is 5.47. The van der Waals surface area contributed by atoms with Gasteiger partial charge in [0.25, 0.3) is 0 Å². The predicted molar refractivity (Wildman–Crippen MR) is 189 cm³/mol. The fraction of sp³-hybridized carbons (Fsp3) is 0.667. The zero-order valence-electron chi connectivity index (χ0n) is 26.3. The molecule has 2 aromatic rings. The van der Waals surface area contributed by atoms with Crippen LogP contribution < -0.4 is 9.05 Å². The van der Waals surface area contributed by atoms with Gasteiger partial charge in [0.2, 0.25) is 0 Å². The van der Waals surface area contributed by atoms with Crippen LogP contribution in [0.15, 0.2) is 48.5 Å². The molecule has 2 rings (SSSR count). The Morgan fingerprint density at radius 3 is 1.12 bits per heavy atom. The number of rotatable bonds is 26. The van der Waals surface area contributed by atoms with Crippen molar-refractivity contribution in [2.24, 2.45) is 0 Å². The van der Waals surface area contributed by atoms with E-state index in [9.17, 15) is 0 Å². The van der Waals surface area contributed by atoms with Crippen molar-refractivity contribution >= 4 is 29.7 Å². The van der Waals surface area contributed by atoms with E-state index in [0.29, 0.717) is 0 Å². The maximum atomic E-state index is 6.31. The maximum Gasteiger partial charge on any atom is 0.345 e. The zero-order chi connectivity index (χ0) is 29.4. The second-order valence-corrected chi connectivity index (χ2v) is 16.9. The van der Waals surface area contributed by atoms with E-state index >= 15 is 0 Å². The van der Waals surface area contributed by atoms with Gasteiger partial charge in [0, 0.05) is 0 Å². The average molecular weight is 619 g/mol. The Morgan fingerprint density at radius 1 is 0.488 bits per heavy atom. The molecule has 0 saturated carbocycles. The fourth-order valence-corrected chi connectivity index (χ4v) is 7.37. The van der Waals surface area contributed by atoms with Crippen LogP contribution in [0.4, 0.5) is 0 Å². The molecule has 232 valence electrons. The summed E-state index contributed by atoms with van der Waals surface area (Å²) in [4.78, 5) is 0. The van der Waals surface area contributed by atoms with E-state index < -0.39 is 5.69 Å². The summed E-state index contributed by atoms with van der Waals surface area (Å²) in [7, 11) is 0. The van der Waals surface area contributed by atoms with Crippen molar-refractivity contribution < 1.29 is 9.05 Å². The second-order valence-electron chi connectivity index (χ2n) is 11.7. The van der Waals surface area contributed by atoms with Crippen molar-refractivity contribution in [2.75, 3.05) is 0 Å². The van der Waals surface area contributed by atoms with E-state index in [4.69, 9.17) is 33.1 Å². The minimum absolute atomic E-state index is 0.828. The van der Waals surface area contributed by atoms with Crippen LogP contribution in [0.3, 0.4) is 0 Å². The van der Waals surface area contributed by atoms with Gasteiger partial charge >= 0.3 is 5.69 Å². The van der Waals surface area contributed by atoms with Crippen LogP contribution in [-0.2, 0) is 24.6 Å². The monoisotopic (exact) mass is 618 g/mol. The summed E-state index contributed by atoms with van der Waals surface area (Å²) >= 11 is 10.5. The summed E-state index contributed by atoms with van der Waals surface area (Å²) < 4.78 is 12.6. The third-order valence-corrected chi connectivity index (χ3v) is 9.76. The number of aryl methyl sites for hydroxylation is 2. The van der Waals surface area contributed by atoms with Crippen molar-refractivity contribution in [2.45, 2.75) is 155 Å². The molecule has 0 saturated heterocycles. The van der Waals surface area contributed by atoms with E-state index in [0.717, 1.165) is 24.3 Å².